The Morgan fingerprint density at radius 1 is 1.57 bits per heavy atom. The molecule has 1 saturated carbocycles. The van der Waals surface area contributed by atoms with Gasteiger partial charge in [0.2, 0.25) is 5.14 Å². The molecule has 0 aliphatic heterocycles. The third-order valence-corrected chi connectivity index (χ3v) is 2.61. The van der Waals surface area contributed by atoms with Gasteiger partial charge in [0.1, 0.15) is 0 Å². The lowest BCUT2D eigenvalue weighted by Crippen LogP contribution is -2.17. The van der Waals surface area contributed by atoms with Crippen molar-refractivity contribution in [3.8, 4) is 0 Å². The summed E-state index contributed by atoms with van der Waals surface area (Å²) in [5, 5.41) is 2.29. The Labute approximate surface area is 59.2 Å². The van der Waals surface area contributed by atoms with Crippen molar-refractivity contribution in [2.24, 2.45) is 5.92 Å². The lowest BCUT2D eigenvalue weighted by Gasteiger charge is -2.30. The van der Waals surface area contributed by atoms with E-state index >= 15 is 0 Å². The molecule has 0 nitrogen and oxygen atoms in total. The van der Waals surface area contributed by atoms with E-state index in [4.69, 9.17) is 0 Å². The van der Waals surface area contributed by atoms with Gasteiger partial charge in [-0.2, -0.15) is 22.4 Å². The van der Waals surface area contributed by atoms with Gasteiger partial charge >= 0.3 is 0 Å². The molecule has 0 bridgehead atoms. The maximum absolute atomic E-state index is 2.35. The van der Waals surface area contributed by atoms with Gasteiger partial charge in [0.15, 0.2) is 0 Å². The molecule has 1 fully saturated rings. The minimum atomic E-state index is 0.954. The number of hydrogen-bond donors (Lipinski definition) is 0. The fourth-order valence-corrected chi connectivity index (χ4v) is 1.65. The van der Waals surface area contributed by atoms with Crippen LogP contribution in [0.5, 0.6) is 0 Å². The van der Waals surface area contributed by atoms with Crippen LogP contribution in [-0.4, -0.2) is 5.14 Å². The van der Waals surface area contributed by atoms with Gasteiger partial charge in [-0.25, -0.2) is 0 Å². The molecule has 0 aromatic heterocycles. The molecule has 2 heteroatoms. The smallest absolute Gasteiger partial charge is 0.158 e. The first kappa shape index (κ1) is 5.92. The molecule has 0 N–H and O–H groups in total. The van der Waals surface area contributed by atoms with E-state index < -0.39 is 0 Å². The Kier molecular flexibility index (Phi) is 2.01. The van der Waals surface area contributed by atoms with Crippen LogP contribution in [0.3, 0.4) is 0 Å². The zero-order valence-corrected chi connectivity index (χ0v) is 6.68. The SMILES string of the molecule is CC1CC([B]I)C1. The van der Waals surface area contributed by atoms with Gasteiger partial charge < -0.3 is 0 Å². The van der Waals surface area contributed by atoms with Crippen molar-refractivity contribution in [3.05, 3.63) is 0 Å². The van der Waals surface area contributed by atoms with E-state index in [9.17, 15) is 0 Å². The normalized spacial score (nSPS) is 39.7. The summed E-state index contributed by atoms with van der Waals surface area (Å²) in [4.78, 5) is 0. The van der Waals surface area contributed by atoms with Gasteiger partial charge in [0.05, 0.1) is 0 Å². The molecule has 1 aliphatic carbocycles. The van der Waals surface area contributed by atoms with Crippen LogP contribution in [-0.2, 0) is 0 Å². The molecule has 0 atom stereocenters. The molecule has 0 unspecified atom stereocenters. The highest BCUT2D eigenvalue weighted by molar-refractivity contribution is 14.1. The van der Waals surface area contributed by atoms with Gasteiger partial charge in [-0.05, 0) is 5.92 Å². The molecule has 7 heavy (non-hydrogen) atoms. The Bertz CT molecular complexity index is 59.1. The average Bonchev–Trinajstić information content (AvgIpc) is 1.58. The van der Waals surface area contributed by atoms with Crippen molar-refractivity contribution in [2.75, 3.05) is 0 Å². The number of hydrogen-bond acceptors (Lipinski definition) is 0. The van der Waals surface area contributed by atoms with Crippen molar-refractivity contribution in [1.82, 2.24) is 0 Å². The molecule has 1 radical (unpaired) electrons. The van der Waals surface area contributed by atoms with E-state index in [-0.39, 0.29) is 0 Å². The van der Waals surface area contributed by atoms with Crippen molar-refractivity contribution >= 4 is 27.5 Å². The third-order valence-electron chi connectivity index (χ3n) is 1.59. The topological polar surface area (TPSA) is 0 Å². The van der Waals surface area contributed by atoms with Crippen LogP contribution in [0.1, 0.15) is 19.8 Å². The maximum Gasteiger partial charge on any atom is 0.203 e. The Hall–Kier alpha value is 0.795. The molecule has 0 aromatic carbocycles. The Morgan fingerprint density at radius 2 is 2.14 bits per heavy atom. The molecular weight excluding hydrogens is 198 g/mol. The molecule has 0 heterocycles. The molecule has 1 aliphatic rings. The highest BCUT2D eigenvalue weighted by Crippen LogP contribution is 2.38. The third kappa shape index (κ3) is 1.34. The standard InChI is InChI=1S/C5H9BI/c1-4-2-5(3-4)6-7/h4-5H,2-3H2,1H3. The van der Waals surface area contributed by atoms with E-state index in [1.807, 2.05) is 0 Å². The highest BCUT2D eigenvalue weighted by atomic mass is 127. The number of rotatable bonds is 1. The summed E-state index contributed by atoms with van der Waals surface area (Å²) in [6.07, 6.45) is 2.87. The lowest BCUT2D eigenvalue weighted by atomic mass is 9.65. The summed E-state index contributed by atoms with van der Waals surface area (Å²) in [7, 11) is 0. The van der Waals surface area contributed by atoms with Crippen LogP contribution in [0.15, 0.2) is 0 Å². The fraction of sp³-hybridized carbons (Fsp3) is 1.00. The molecule has 1 rings (SSSR count). The van der Waals surface area contributed by atoms with E-state index in [1.165, 1.54) is 12.8 Å². The summed E-state index contributed by atoms with van der Waals surface area (Å²) in [6.45, 7) is 2.32. The van der Waals surface area contributed by atoms with Crippen LogP contribution in [0.2, 0.25) is 5.82 Å². The Morgan fingerprint density at radius 3 is 2.29 bits per heavy atom. The summed E-state index contributed by atoms with van der Waals surface area (Å²) in [5.41, 5.74) is 0. The second-order valence-electron chi connectivity index (χ2n) is 2.46. The van der Waals surface area contributed by atoms with Crippen LogP contribution in [0, 0.1) is 5.92 Å². The van der Waals surface area contributed by atoms with Crippen molar-refractivity contribution in [3.63, 3.8) is 0 Å². The maximum atomic E-state index is 2.35. The Balaban J connectivity index is 2.06. The largest absolute Gasteiger partial charge is 0.203 e. The van der Waals surface area contributed by atoms with E-state index in [2.05, 4.69) is 34.4 Å². The molecular formula is C5H9BI. The minimum Gasteiger partial charge on any atom is -0.158 e. The molecule has 39 valence electrons. The monoisotopic (exact) mass is 207 g/mol. The summed E-state index contributed by atoms with van der Waals surface area (Å²) < 4.78 is 0. The molecule has 0 saturated heterocycles. The van der Waals surface area contributed by atoms with Crippen molar-refractivity contribution < 1.29 is 0 Å². The first-order valence-electron chi connectivity index (χ1n) is 2.76. The first-order chi connectivity index (χ1) is 3.33. The fourth-order valence-electron chi connectivity index (χ4n) is 1.07. The van der Waals surface area contributed by atoms with Gasteiger partial charge in [-0.3, -0.25) is 0 Å². The van der Waals surface area contributed by atoms with Crippen LogP contribution in [0.25, 0.3) is 0 Å². The predicted molar refractivity (Wildman–Crippen MR) is 41.9 cm³/mol. The number of halogens is 1. The highest BCUT2D eigenvalue weighted by Gasteiger charge is 2.23. The summed E-state index contributed by atoms with van der Waals surface area (Å²) >= 11 is 2.35. The van der Waals surface area contributed by atoms with Crippen molar-refractivity contribution in [2.45, 2.75) is 25.6 Å². The van der Waals surface area contributed by atoms with Gasteiger partial charge in [0.25, 0.3) is 0 Å². The van der Waals surface area contributed by atoms with E-state index in [1.54, 1.807) is 0 Å². The van der Waals surface area contributed by atoms with Crippen LogP contribution >= 0.6 is 22.4 Å². The summed E-state index contributed by atoms with van der Waals surface area (Å²) in [5.74, 6) is 1.96. The van der Waals surface area contributed by atoms with E-state index in [0.717, 1.165) is 11.7 Å². The lowest BCUT2D eigenvalue weighted by molar-refractivity contribution is 0.347. The minimum absolute atomic E-state index is 0.954. The van der Waals surface area contributed by atoms with Gasteiger partial charge in [-0.15, -0.1) is 0 Å². The molecule has 0 aromatic rings. The van der Waals surface area contributed by atoms with Crippen molar-refractivity contribution in [1.29, 1.82) is 0 Å². The average molecular weight is 207 g/mol. The zero-order chi connectivity index (χ0) is 5.28. The predicted octanol–water partition coefficient (Wildman–Crippen LogP) is 2.26. The summed E-state index contributed by atoms with van der Waals surface area (Å²) in [6, 6.07) is 0. The van der Waals surface area contributed by atoms with Crippen LogP contribution < -0.4 is 0 Å². The second-order valence-corrected chi connectivity index (χ2v) is 3.18. The first-order valence-corrected chi connectivity index (χ1v) is 4.01. The second kappa shape index (κ2) is 2.38. The molecule has 0 spiro atoms. The van der Waals surface area contributed by atoms with E-state index in [0.29, 0.717) is 0 Å². The van der Waals surface area contributed by atoms with Gasteiger partial charge in [-0.1, -0.05) is 25.6 Å². The van der Waals surface area contributed by atoms with Gasteiger partial charge in [0, 0.05) is 0 Å². The molecule has 0 amide bonds. The quantitative estimate of drug-likeness (QED) is 0.456. The van der Waals surface area contributed by atoms with Crippen LogP contribution in [0.4, 0.5) is 0 Å². The zero-order valence-electron chi connectivity index (χ0n) is 4.52.